The summed E-state index contributed by atoms with van der Waals surface area (Å²) in [5.74, 6) is 1.42. The van der Waals surface area contributed by atoms with E-state index in [1.54, 1.807) is 7.11 Å². The van der Waals surface area contributed by atoms with Crippen LogP contribution in [0.3, 0.4) is 0 Å². The summed E-state index contributed by atoms with van der Waals surface area (Å²) in [7, 11) is 1.63. The number of amides is 1. The average Bonchev–Trinajstić information content (AvgIpc) is 2.90. The van der Waals surface area contributed by atoms with Gasteiger partial charge in [0.25, 0.3) is 0 Å². The molecule has 20 heavy (non-hydrogen) atoms. The Hall–Kier alpha value is -1.79. The number of methoxy groups -OCH3 is 1. The van der Waals surface area contributed by atoms with Crippen LogP contribution in [0.5, 0.6) is 11.5 Å². The van der Waals surface area contributed by atoms with Gasteiger partial charge >= 0.3 is 0 Å². The molecule has 6 nitrogen and oxygen atoms in total. The summed E-state index contributed by atoms with van der Waals surface area (Å²) >= 11 is 0. The highest BCUT2D eigenvalue weighted by Crippen LogP contribution is 2.34. The largest absolute Gasteiger partial charge is 0.454 e. The summed E-state index contributed by atoms with van der Waals surface area (Å²) in [5, 5.41) is 5.93. The third-order valence-electron chi connectivity index (χ3n) is 3.04. The zero-order valence-electron chi connectivity index (χ0n) is 11.8. The van der Waals surface area contributed by atoms with Crippen LogP contribution in [0.2, 0.25) is 0 Å². The molecule has 0 fully saturated rings. The van der Waals surface area contributed by atoms with Gasteiger partial charge in [-0.2, -0.15) is 0 Å². The van der Waals surface area contributed by atoms with Crippen LogP contribution in [-0.2, 0) is 9.53 Å². The molecule has 2 rings (SSSR count). The average molecular weight is 280 g/mol. The van der Waals surface area contributed by atoms with Crippen LogP contribution in [0.1, 0.15) is 18.5 Å². The fourth-order valence-corrected chi connectivity index (χ4v) is 1.93. The number of ether oxygens (including phenoxy) is 3. The molecule has 0 saturated carbocycles. The van der Waals surface area contributed by atoms with E-state index in [4.69, 9.17) is 14.2 Å². The maximum atomic E-state index is 11.8. The molecule has 1 atom stereocenters. The van der Waals surface area contributed by atoms with Gasteiger partial charge in [0, 0.05) is 13.7 Å². The third kappa shape index (κ3) is 3.85. The number of nitrogens with one attached hydrogen (secondary N) is 2. The second-order valence-electron chi connectivity index (χ2n) is 4.57. The molecule has 6 heteroatoms. The Bertz CT molecular complexity index is 464. The molecule has 1 aliphatic heterocycles. The molecule has 1 unspecified atom stereocenters. The van der Waals surface area contributed by atoms with E-state index in [2.05, 4.69) is 10.6 Å². The summed E-state index contributed by atoms with van der Waals surface area (Å²) in [5.41, 5.74) is 0.986. The summed E-state index contributed by atoms with van der Waals surface area (Å²) in [6.45, 7) is 3.71. The Kier molecular flexibility index (Phi) is 5.20. The topological polar surface area (TPSA) is 68.8 Å². The Labute approximate surface area is 118 Å². The van der Waals surface area contributed by atoms with Crippen molar-refractivity contribution in [3.05, 3.63) is 23.8 Å². The number of fused-ring (bicyclic) bond motifs is 1. The minimum absolute atomic E-state index is 0.0498. The molecule has 0 spiro atoms. The fourth-order valence-electron chi connectivity index (χ4n) is 1.93. The normalized spacial score (nSPS) is 14.1. The number of carbonyl (C=O) groups excluding carboxylic acids is 1. The SMILES string of the molecule is COCCNCC(=O)NC(C)c1ccc2c(c1)OCO2. The van der Waals surface area contributed by atoms with E-state index in [0.29, 0.717) is 13.2 Å². The molecule has 0 radical (unpaired) electrons. The number of carbonyl (C=O) groups is 1. The molecule has 0 aliphatic carbocycles. The third-order valence-corrected chi connectivity index (χ3v) is 3.04. The second-order valence-corrected chi connectivity index (χ2v) is 4.57. The highest BCUT2D eigenvalue weighted by atomic mass is 16.7. The van der Waals surface area contributed by atoms with Gasteiger partial charge in [-0.1, -0.05) is 6.07 Å². The van der Waals surface area contributed by atoms with Crippen LogP contribution < -0.4 is 20.1 Å². The molecule has 1 aliphatic rings. The van der Waals surface area contributed by atoms with Gasteiger partial charge in [0.2, 0.25) is 12.7 Å². The van der Waals surface area contributed by atoms with Gasteiger partial charge in [0.15, 0.2) is 11.5 Å². The lowest BCUT2D eigenvalue weighted by atomic mass is 10.1. The first kappa shape index (κ1) is 14.6. The van der Waals surface area contributed by atoms with E-state index >= 15 is 0 Å². The van der Waals surface area contributed by atoms with Crippen molar-refractivity contribution < 1.29 is 19.0 Å². The first-order chi connectivity index (χ1) is 9.70. The van der Waals surface area contributed by atoms with E-state index in [0.717, 1.165) is 17.1 Å². The smallest absolute Gasteiger partial charge is 0.234 e. The predicted octanol–water partition coefficient (Wildman–Crippen LogP) is 0.829. The molecule has 0 saturated heterocycles. The molecule has 1 amide bonds. The van der Waals surface area contributed by atoms with E-state index in [9.17, 15) is 4.79 Å². The highest BCUT2D eigenvalue weighted by molar-refractivity contribution is 5.78. The fraction of sp³-hybridized carbons (Fsp3) is 0.500. The first-order valence-corrected chi connectivity index (χ1v) is 6.59. The zero-order chi connectivity index (χ0) is 14.4. The minimum Gasteiger partial charge on any atom is -0.454 e. The standard InChI is InChI=1S/C14H20N2O4/c1-10(16-14(17)8-15-5-6-18-2)11-3-4-12-13(7-11)20-9-19-12/h3-4,7,10,15H,5-6,8-9H2,1-2H3,(H,16,17). The minimum atomic E-state index is -0.0822. The lowest BCUT2D eigenvalue weighted by molar-refractivity contribution is -0.120. The molecule has 110 valence electrons. The lowest BCUT2D eigenvalue weighted by Crippen LogP contribution is -2.36. The van der Waals surface area contributed by atoms with Crippen molar-refractivity contribution in [1.29, 1.82) is 0 Å². The highest BCUT2D eigenvalue weighted by Gasteiger charge is 2.16. The van der Waals surface area contributed by atoms with Crippen molar-refractivity contribution in [1.82, 2.24) is 10.6 Å². The van der Waals surface area contributed by atoms with E-state index in [-0.39, 0.29) is 25.3 Å². The van der Waals surface area contributed by atoms with Crippen LogP contribution in [0.15, 0.2) is 18.2 Å². The quantitative estimate of drug-likeness (QED) is 0.724. The van der Waals surface area contributed by atoms with Gasteiger partial charge in [-0.3, -0.25) is 4.79 Å². The second kappa shape index (κ2) is 7.12. The summed E-state index contributed by atoms with van der Waals surface area (Å²) in [6, 6.07) is 5.60. The zero-order valence-corrected chi connectivity index (χ0v) is 11.8. The molecular weight excluding hydrogens is 260 g/mol. The Morgan fingerprint density at radius 1 is 1.40 bits per heavy atom. The van der Waals surface area contributed by atoms with Crippen LogP contribution in [0.25, 0.3) is 0 Å². The molecule has 1 aromatic rings. The van der Waals surface area contributed by atoms with Crippen molar-refractivity contribution in [2.24, 2.45) is 0 Å². The van der Waals surface area contributed by atoms with E-state index in [1.165, 1.54) is 0 Å². The molecule has 0 aromatic heterocycles. The maximum absolute atomic E-state index is 11.8. The van der Waals surface area contributed by atoms with Crippen molar-refractivity contribution in [2.75, 3.05) is 33.6 Å². The van der Waals surface area contributed by atoms with Gasteiger partial charge in [-0.25, -0.2) is 0 Å². The van der Waals surface area contributed by atoms with Gasteiger partial charge in [-0.15, -0.1) is 0 Å². The molecule has 2 N–H and O–H groups in total. The van der Waals surface area contributed by atoms with Gasteiger partial charge in [0.1, 0.15) is 0 Å². The maximum Gasteiger partial charge on any atom is 0.234 e. The monoisotopic (exact) mass is 280 g/mol. The van der Waals surface area contributed by atoms with Gasteiger partial charge in [0.05, 0.1) is 19.2 Å². The number of benzene rings is 1. The number of hydrogen-bond acceptors (Lipinski definition) is 5. The van der Waals surface area contributed by atoms with Crippen molar-refractivity contribution in [2.45, 2.75) is 13.0 Å². The van der Waals surface area contributed by atoms with Crippen LogP contribution in [0.4, 0.5) is 0 Å². The lowest BCUT2D eigenvalue weighted by Gasteiger charge is -2.15. The van der Waals surface area contributed by atoms with Crippen molar-refractivity contribution in [3.63, 3.8) is 0 Å². The van der Waals surface area contributed by atoms with Gasteiger partial charge in [-0.05, 0) is 24.6 Å². The van der Waals surface area contributed by atoms with Crippen molar-refractivity contribution in [3.8, 4) is 11.5 Å². The first-order valence-electron chi connectivity index (χ1n) is 6.59. The predicted molar refractivity (Wildman–Crippen MR) is 73.9 cm³/mol. The molecule has 1 heterocycles. The van der Waals surface area contributed by atoms with Crippen LogP contribution in [-0.4, -0.2) is 39.5 Å². The van der Waals surface area contributed by atoms with E-state index in [1.807, 2.05) is 25.1 Å². The van der Waals surface area contributed by atoms with Crippen molar-refractivity contribution >= 4 is 5.91 Å². The van der Waals surface area contributed by atoms with Gasteiger partial charge < -0.3 is 24.8 Å². The number of hydrogen-bond donors (Lipinski definition) is 2. The Morgan fingerprint density at radius 3 is 3.00 bits per heavy atom. The summed E-state index contributed by atoms with van der Waals surface area (Å²) in [6.07, 6.45) is 0. The summed E-state index contributed by atoms with van der Waals surface area (Å²) < 4.78 is 15.5. The van der Waals surface area contributed by atoms with Crippen LogP contribution >= 0.6 is 0 Å². The molecule has 1 aromatic carbocycles. The van der Waals surface area contributed by atoms with E-state index < -0.39 is 0 Å². The Morgan fingerprint density at radius 2 is 2.20 bits per heavy atom. The molecular formula is C14H20N2O4. The molecule has 0 bridgehead atoms. The number of rotatable bonds is 7. The Balaban J connectivity index is 1.82. The van der Waals surface area contributed by atoms with Crippen LogP contribution in [0, 0.1) is 0 Å². The summed E-state index contributed by atoms with van der Waals surface area (Å²) in [4.78, 5) is 11.8.